The molecule has 0 aliphatic rings. The maximum absolute atomic E-state index is 13.0. The van der Waals surface area contributed by atoms with Crippen LogP contribution in [-0.2, 0) is 65.4 Å². The first-order valence-corrected chi connectivity index (χ1v) is 40.6. The van der Waals surface area contributed by atoms with Gasteiger partial charge in [0.15, 0.2) is 12.2 Å². The molecule has 3 N–H and O–H groups in total. The van der Waals surface area contributed by atoms with E-state index < -0.39 is 97.5 Å². The molecule has 0 spiro atoms. The summed E-state index contributed by atoms with van der Waals surface area (Å²) in [7, 11) is -9.90. The van der Waals surface area contributed by atoms with E-state index in [9.17, 15) is 43.2 Å². The van der Waals surface area contributed by atoms with Crippen molar-refractivity contribution in [1.29, 1.82) is 0 Å². The van der Waals surface area contributed by atoms with Crippen molar-refractivity contribution < 1.29 is 80.2 Å². The lowest BCUT2D eigenvalue weighted by Crippen LogP contribution is -2.30. The summed E-state index contributed by atoms with van der Waals surface area (Å²) < 4.78 is 68.3. The Balaban J connectivity index is 5.21. The number of rotatable bonds is 72. The first-order chi connectivity index (χ1) is 44.0. The quantitative estimate of drug-likeness (QED) is 0.0222. The van der Waals surface area contributed by atoms with Gasteiger partial charge in [-0.25, -0.2) is 9.13 Å². The number of carbonyl (C=O) groups is 4. The maximum atomic E-state index is 13.0. The zero-order chi connectivity index (χ0) is 67.0. The van der Waals surface area contributed by atoms with Crippen molar-refractivity contribution in [3.05, 3.63) is 0 Å². The van der Waals surface area contributed by atoms with Crippen molar-refractivity contribution in [2.45, 2.75) is 393 Å². The third-order valence-electron chi connectivity index (χ3n) is 16.8. The van der Waals surface area contributed by atoms with Gasteiger partial charge in [-0.2, -0.15) is 0 Å². The smallest absolute Gasteiger partial charge is 0.462 e. The van der Waals surface area contributed by atoms with Crippen molar-refractivity contribution >= 4 is 39.5 Å². The molecule has 0 aromatic rings. The van der Waals surface area contributed by atoms with Crippen molar-refractivity contribution in [2.24, 2.45) is 5.92 Å². The topological polar surface area (TPSA) is 237 Å². The molecule has 0 saturated carbocycles. The van der Waals surface area contributed by atoms with E-state index in [1.54, 1.807) is 0 Å². The molecule has 0 aromatic heterocycles. The van der Waals surface area contributed by atoms with Crippen LogP contribution in [0, 0.1) is 5.92 Å². The molecule has 0 fully saturated rings. The Kier molecular flexibility index (Phi) is 64.0. The minimum absolute atomic E-state index is 0.107. The molecule has 19 heteroatoms. The molecule has 91 heavy (non-hydrogen) atoms. The lowest BCUT2D eigenvalue weighted by Gasteiger charge is -2.21. The van der Waals surface area contributed by atoms with Crippen LogP contribution in [0.2, 0.25) is 0 Å². The Morgan fingerprint density at radius 1 is 0.297 bits per heavy atom. The van der Waals surface area contributed by atoms with Gasteiger partial charge in [-0.1, -0.05) is 324 Å². The number of phosphoric acid groups is 2. The number of ether oxygens (including phenoxy) is 4. The first-order valence-electron chi connectivity index (χ1n) is 37.6. The van der Waals surface area contributed by atoms with Crippen LogP contribution < -0.4 is 0 Å². The highest BCUT2D eigenvalue weighted by Crippen LogP contribution is 2.45. The third kappa shape index (κ3) is 66.5. The summed E-state index contributed by atoms with van der Waals surface area (Å²) in [6.07, 6.45) is 52.7. The summed E-state index contributed by atoms with van der Waals surface area (Å²) in [5.41, 5.74) is 0. The Labute approximate surface area is 556 Å². The number of hydrogen-bond acceptors (Lipinski definition) is 15. The first kappa shape index (κ1) is 89.1. The Morgan fingerprint density at radius 3 is 0.747 bits per heavy atom. The van der Waals surface area contributed by atoms with Crippen LogP contribution in [0.5, 0.6) is 0 Å². The summed E-state index contributed by atoms with van der Waals surface area (Å²) in [6, 6.07) is 0. The molecular weight excluding hydrogens is 1200 g/mol. The second-order valence-corrected chi connectivity index (χ2v) is 29.4. The van der Waals surface area contributed by atoms with E-state index in [1.165, 1.54) is 199 Å². The average molecular weight is 1340 g/mol. The molecular formula is C72H140O17P2. The highest BCUT2D eigenvalue weighted by Gasteiger charge is 2.30. The summed E-state index contributed by atoms with van der Waals surface area (Å²) in [6.45, 7) is 7.24. The SMILES string of the molecule is CCCCCCCCCCCCCCCCCCCCC(=O)O[C@H](COC(=O)CCCCCCCCCCCCCC(C)C)COP(=O)(O)OC[C@@H](O)COP(=O)(O)OC[C@@H](COC(=O)CCCCCCCCCCC)OC(=O)CCCCCCCCCCCC. The number of carbonyl (C=O) groups excluding carboxylic acids is 4. The number of phosphoric ester groups is 2. The molecule has 0 aliphatic heterocycles. The normalized spacial score (nSPS) is 14.0. The fourth-order valence-electron chi connectivity index (χ4n) is 11.0. The number of esters is 4. The predicted octanol–water partition coefficient (Wildman–Crippen LogP) is 20.9. The second-order valence-electron chi connectivity index (χ2n) is 26.5. The van der Waals surface area contributed by atoms with Crippen LogP contribution in [0.3, 0.4) is 0 Å². The van der Waals surface area contributed by atoms with Gasteiger partial charge in [0.2, 0.25) is 0 Å². The molecule has 5 atom stereocenters. The van der Waals surface area contributed by atoms with Crippen LogP contribution in [-0.4, -0.2) is 96.7 Å². The molecule has 0 bridgehead atoms. The van der Waals surface area contributed by atoms with Gasteiger partial charge in [0.25, 0.3) is 0 Å². The fourth-order valence-corrected chi connectivity index (χ4v) is 12.6. The molecule has 0 aliphatic carbocycles. The molecule has 0 radical (unpaired) electrons. The van der Waals surface area contributed by atoms with Crippen LogP contribution >= 0.6 is 15.6 Å². The zero-order valence-corrected chi connectivity index (χ0v) is 60.8. The van der Waals surface area contributed by atoms with E-state index in [1.807, 2.05) is 0 Å². The van der Waals surface area contributed by atoms with Crippen LogP contribution in [0.25, 0.3) is 0 Å². The fraction of sp³-hybridized carbons (Fsp3) is 0.944. The Hall–Kier alpha value is -1.94. The van der Waals surface area contributed by atoms with E-state index in [0.717, 1.165) is 95.8 Å². The summed E-state index contributed by atoms with van der Waals surface area (Å²) in [4.78, 5) is 72.5. The van der Waals surface area contributed by atoms with E-state index in [0.29, 0.717) is 25.7 Å². The number of aliphatic hydroxyl groups is 1. The van der Waals surface area contributed by atoms with Crippen LogP contribution in [0.4, 0.5) is 0 Å². The minimum atomic E-state index is -4.95. The Morgan fingerprint density at radius 2 is 0.505 bits per heavy atom. The monoisotopic (exact) mass is 1340 g/mol. The maximum Gasteiger partial charge on any atom is 0.472 e. The summed E-state index contributed by atoms with van der Waals surface area (Å²) in [5.74, 6) is -1.35. The van der Waals surface area contributed by atoms with E-state index >= 15 is 0 Å². The van der Waals surface area contributed by atoms with Gasteiger partial charge in [0.1, 0.15) is 19.3 Å². The largest absolute Gasteiger partial charge is 0.472 e. The van der Waals surface area contributed by atoms with Crippen LogP contribution in [0.1, 0.15) is 375 Å². The molecule has 540 valence electrons. The van der Waals surface area contributed by atoms with Crippen molar-refractivity contribution in [2.75, 3.05) is 39.6 Å². The highest BCUT2D eigenvalue weighted by molar-refractivity contribution is 7.47. The summed E-state index contributed by atoms with van der Waals surface area (Å²) in [5, 5.41) is 10.6. The second kappa shape index (κ2) is 65.4. The van der Waals surface area contributed by atoms with Crippen molar-refractivity contribution in [1.82, 2.24) is 0 Å². The van der Waals surface area contributed by atoms with Gasteiger partial charge < -0.3 is 33.8 Å². The highest BCUT2D eigenvalue weighted by atomic mass is 31.2. The molecule has 0 rings (SSSR count). The molecule has 0 aromatic carbocycles. The van der Waals surface area contributed by atoms with Crippen molar-refractivity contribution in [3.8, 4) is 0 Å². The van der Waals surface area contributed by atoms with E-state index in [4.69, 9.17) is 37.0 Å². The molecule has 0 amide bonds. The predicted molar refractivity (Wildman–Crippen MR) is 368 cm³/mol. The molecule has 17 nitrogen and oxygen atoms in total. The molecule has 2 unspecified atom stereocenters. The van der Waals surface area contributed by atoms with Gasteiger partial charge >= 0.3 is 39.5 Å². The van der Waals surface area contributed by atoms with E-state index in [-0.39, 0.29) is 25.7 Å². The van der Waals surface area contributed by atoms with Gasteiger partial charge in [0, 0.05) is 25.7 Å². The van der Waals surface area contributed by atoms with Crippen molar-refractivity contribution in [3.63, 3.8) is 0 Å². The molecule has 0 heterocycles. The average Bonchev–Trinajstić information content (AvgIpc) is 3.74. The molecule has 0 saturated heterocycles. The van der Waals surface area contributed by atoms with Crippen LogP contribution in [0.15, 0.2) is 0 Å². The lowest BCUT2D eigenvalue weighted by atomic mass is 10.0. The Bertz CT molecular complexity index is 1750. The van der Waals surface area contributed by atoms with Gasteiger partial charge in [-0.05, 0) is 31.6 Å². The van der Waals surface area contributed by atoms with E-state index in [2.05, 4.69) is 34.6 Å². The summed E-state index contributed by atoms with van der Waals surface area (Å²) >= 11 is 0. The number of aliphatic hydroxyl groups excluding tert-OH is 1. The lowest BCUT2D eigenvalue weighted by molar-refractivity contribution is -0.161. The standard InChI is InChI=1S/C72H140O17P2/c1-6-9-12-15-18-21-23-24-25-26-27-28-29-32-38-43-48-53-58-72(77)89-68(62-83-70(75)56-51-46-41-37-33-30-31-35-39-44-49-54-65(4)5)64-87-91(80,81)85-60-66(73)59-84-90(78,79)86-63-67(61-82-69(74)55-50-45-40-34-20-17-14-11-8-3)88-71(76)57-52-47-42-36-22-19-16-13-10-7-2/h65-68,73H,6-64H2,1-5H3,(H,78,79)(H,80,81)/t66-,67+,68+/m0/s1. The zero-order valence-electron chi connectivity index (χ0n) is 59.0. The number of unbranched alkanes of at least 4 members (excludes halogenated alkanes) is 44. The van der Waals surface area contributed by atoms with Gasteiger partial charge in [-0.3, -0.25) is 37.3 Å². The van der Waals surface area contributed by atoms with Gasteiger partial charge in [0.05, 0.1) is 26.4 Å². The third-order valence-corrected chi connectivity index (χ3v) is 18.7. The van der Waals surface area contributed by atoms with Gasteiger partial charge in [-0.15, -0.1) is 0 Å². The minimum Gasteiger partial charge on any atom is -0.462 e. The number of hydrogen-bond donors (Lipinski definition) is 3.